The third kappa shape index (κ3) is 6.19. The van der Waals surface area contributed by atoms with Crippen molar-refractivity contribution in [3.8, 4) is 5.75 Å². The third-order valence-corrected chi connectivity index (χ3v) is 9.05. The van der Waals surface area contributed by atoms with Crippen LogP contribution in [0, 0.1) is 5.41 Å². The summed E-state index contributed by atoms with van der Waals surface area (Å²) in [5.74, 6) is 0.681. The van der Waals surface area contributed by atoms with Crippen molar-refractivity contribution in [3.63, 3.8) is 0 Å². The highest BCUT2D eigenvalue weighted by Gasteiger charge is 2.37. The summed E-state index contributed by atoms with van der Waals surface area (Å²) in [4.78, 5) is 41.6. The fourth-order valence-electron chi connectivity index (χ4n) is 5.20. The van der Waals surface area contributed by atoms with Crippen molar-refractivity contribution in [1.82, 2.24) is 24.7 Å². The highest BCUT2D eigenvalue weighted by Crippen LogP contribution is 2.38. The Morgan fingerprint density at radius 1 is 1.08 bits per heavy atom. The third-order valence-electron chi connectivity index (χ3n) is 7.53. The number of ether oxygens (including phenoxy) is 1. The lowest BCUT2D eigenvalue weighted by atomic mass is 9.75. The molecule has 1 saturated heterocycles. The van der Waals surface area contributed by atoms with Gasteiger partial charge in [-0.2, -0.15) is 0 Å². The number of nitrogens with zero attached hydrogens (tertiary/aromatic N) is 5. The summed E-state index contributed by atoms with van der Waals surface area (Å²) in [5, 5.41) is 3.10. The van der Waals surface area contributed by atoms with Crippen molar-refractivity contribution < 1.29 is 14.3 Å². The lowest BCUT2D eigenvalue weighted by Gasteiger charge is -2.42. The van der Waals surface area contributed by atoms with Gasteiger partial charge in [0.05, 0.1) is 30.4 Å². The van der Waals surface area contributed by atoms with Crippen LogP contribution in [0.2, 0.25) is 0 Å². The molecule has 196 valence electrons. The Hall–Kier alpha value is -2.82. The average molecular weight is 540 g/mol. The molecule has 0 atom stereocenters. The van der Waals surface area contributed by atoms with E-state index < -0.39 is 0 Å². The minimum Gasteiger partial charge on any atom is -0.492 e. The first-order chi connectivity index (χ1) is 18.0. The molecule has 1 spiro atoms. The first-order valence-electron chi connectivity index (χ1n) is 12.8. The largest absolute Gasteiger partial charge is 0.492 e. The van der Waals surface area contributed by atoms with E-state index in [4.69, 9.17) is 4.74 Å². The van der Waals surface area contributed by atoms with E-state index in [1.54, 1.807) is 27.9 Å². The highest BCUT2D eigenvalue weighted by atomic mass is 32.1. The first kappa shape index (κ1) is 25.8. The molecule has 2 aromatic heterocycles. The molecule has 0 aliphatic carbocycles. The van der Waals surface area contributed by atoms with Crippen LogP contribution in [0.4, 0.5) is 0 Å². The zero-order valence-corrected chi connectivity index (χ0v) is 22.8. The summed E-state index contributed by atoms with van der Waals surface area (Å²) in [6, 6.07) is 7.55. The van der Waals surface area contributed by atoms with Crippen LogP contribution in [0.25, 0.3) is 0 Å². The van der Waals surface area contributed by atoms with Gasteiger partial charge in [0, 0.05) is 50.2 Å². The van der Waals surface area contributed by atoms with Crippen molar-refractivity contribution in [2.24, 2.45) is 5.41 Å². The van der Waals surface area contributed by atoms with E-state index in [1.807, 2.05) is 47.8 Å². The topological polar surface area (TPSA) is 78.9 Å². The maximum absolute atomic E-state index is 13.3. The normalized spacial score (nSPS) is 19.4. The molecule has 0 saturated carbocycles. The average Bonchev–Trinajstić information content (AvgIpc) is 3.65. The Kier molecular flexibility index (Phi) is 8.17. The van der Waals surface area contributed by atoms with Crippen molar-refractivity contribution >= 4 is 34.5 Å². The number of benzene rings is 1. The van der Waals surface area contributed by atoms with Gasteiger partial charge in [0.2, 0.25) is 0 Å². The predicted octanol–water partition coefficient (Wildman–Crippen LogP) is 4.27. The number of amides is 2. The molecule has 2 aliphatic heterocycles. The van der Waals surface area contributed by atoms with E-state index >= 15 is 0 Å². The molecular formula is C27H33N5O3S2. The van der Waals surface area contributed by atoms with Crippen LogP contribution in [0.1, 0.15) is 50.7 Å². The SMILES string of the molecule is CN1CCN(Cc2nccs2)CCCC2(CCN(C(=O)c3cncs3)CC2)COc2ccccc2C1=O. The van der Waals surface area contributed by atoms with E-state index in [2.05, 4.69) is 14.9 Å². The molecule has 1 fully saturated rings. The zero-order valence-electron chi connectivity index (χ0n) is 21.2. The maximum Gasteiger partial charge on any atom is 0.265 e. The summed E-state index contributed by atoms with van der Waals surface area (Å²) < 4.78 is 6.41. The van der Waals surface area contributed by atoms with Crippen molar-refractivity contribution in [2.75, 3.05) is 46.4 Å². The molecule has 37 heavy (non-hydrogen) atoms. The van der Waals surface area contributed by atoms with E-state index in [0.29, 0.717) is 42.4 Å². The number of piperidine rings is 1. The fourth-order valence-corrected chi connectivity index (χ4v) is 6.44. The number of para-hydroxylation sites is 1. The van der Waals surface area contributed by atoms with Crippen molar-refractivity contribution in [2.45, 2.75) is 32.2 Å². The first-order valence-corrected chi connectivity index (χ1v) is 14.5. The van der Waals surface area contributed by atoms with Crippen LogP contribution in [0.5, 0.6) is 5.75 Å². The van der Waals surface area contributed by atoms with Crippen molar-refractivity contribution in [1.29, 1.82) is 0 Å². The van der Waals surface area contributed by atoms with E-state index in [0.717, 1.165) is 50.3 Å². The molecule has 0 radical (unpaired) electrons. The molecule has 1 aromatic carbocycles. The van der Waals surface area contributed by atoms with Crippen LogP contribution < -0.4 is 4.74 Å². The molecule has 0 bridgehead atoms. The van der Waals surface area contributed by atoms with Gasteiger partial charge in [-0.3, -0.25) is 19.5 Å². The minimum absolute atomic E-state index is 0.0249. The molecular weight excluding hydrogens is 506 g/mol. The number of carbonyl (C=O) groups is 2. The van der Waals surface area contributed by atoms with Crippen LogP contribution in [0.15, 0.2) is 47.5 Å². The molecule has 8 nitrogen and oxygen atoms in total. The Labute approximate surface area is 225 Å². The lowest BCUT2D eigenvalue weighted by molar-refractivity contribution is 0.0352. The highest BCUT2D eigenvalue weighted by molar-refractivity contribution is 7.11. The van der Waals surface area contributed by atoms with Gasteiger partial charge in [0.1, 0.15) is 15.6 Å². The summed E-state index contributed by atoms with van der Waals surface area (Å²) in [7, 11) is 1.86. The maximum atomic E-state index is 13.3. The number of likely N-dealkylation sites (N-methyl/N-ethyl adjacent to an activating group) is 1. The van der Waals surface area contributed by atoms with Crippen LogP contribution in [-0.4, -0.2) is 82.9 Å². The predicted molar refractivity (Wildman–Crippen MR) is 145 cm³/mol. The molecule has 5 rings (SSSR count). The van der Waals surface area contributed by atoms with E-state index in [9.17, 15) is 9.59 Å². The second-order valence-corrected chi connectivity index (χ2v) is 11.8. The summed E-state index contributed by atoms with van der Waals surface area (Å²) >= 11 is 3.06. The second kappa shape index (κ2) is 11.7. The Morgan fingerprint density at radius 3 is 2.68 bits per heavy atom. The Morgan fingerprint density at radius 2 is 1.92 bits per heavy atom. The molecule has 10 heteroatoms. The summed E-state index contributed by atoms with van der Waals surface area (Å²) in [6.45, 7) is 5.08. The quantitative estimate of drug-likeness (QED) is 0.495. The number of hydrogen-bond acceptors (Lipinski definition) is 8. The van der Waals surface area contributed by atoms with E-state index in [1.165, 1.54) is 11.3 Å². The monoisotopic (exact) mass is 539 g/mol. The van der Waals surface area contributed by atoms with Crippen LogP contribution in [-0.2, 0) is 6.54 Å². The zero-order chi connectivity index (χ0) is 25.7. The number of rotatable bonds is 3. The summed E-state index contributed by atoms with van der Waals surface area (Å²) in [6.07, 6.45) is 7.29. The van der Waals surface area contributed by atoms with Crippen LogP contribution >= 0.6 is 22.7 Å². The smallest absolute Gasteiger partial charge is 0.265 e. The fraction of sp³-hybridized carbons (Fsp3) is 0.481. The standard InChI is InChI=1S/C27H33N5O3S2/c1-30-14-15-31(18-24-29-10-16-36-24)11-4-7-27(19-35-22-6-3-2-5-21(22)25(30)33)8-12-32(13-9-27)26(34)23-17-28-20-37-23/h2-3,5-6,10,16-17,20H,4,7-9,11-15,18-19H2,1H3. The van der Waals surface area contributed by atoms with Gasteiger partial charge in [-0.1, -0.05) is 12.1 Å². The minimum atomic E-state index is -0.0482. The van der Waals surface area contributed by atoms with Gasteiger partial charge in [0.25, 0.3) is 11.8 Å². The van der Waals surface area contributed by atoms with Gasteiger partial charge >= 0.3 is 0 Å². The van der Waals surface area contributed by atoms with Gasteiger partial charge in [-0.25, -0.2) is 4.98 Å². The summed E-state index contributed by atoms with van der Waals surface area (Å²) in [5.41, 5.74) is 2.26. The second-order valence-electron chi connectivity index (χ2n) is 9.97. The number of carbonyl (C=O) groups excluding carboxylic acids is 2. The molecule has 2 aliphatic rings. The van der Waals surface area contributed by atoms with Crippen LogP contribution in [0.3, 0.4) is 0 Å². The molecule has 2 amide bonds. The molecule has 0 unspecified atom stereocenters. The molecule has 3 aromatic rings. The van der Waals surface area contributed by atoms with Gasteiger partial charge in [-0.15, -0.1) is 22.7 Å². The van der Waals surface area contributed by atoms with Gasteiger partial charge in [0.15, 0.2) is 0 Å². The van der Waals surface area contributed by atoms with Crippen molar-refractivity contribution in [3.05, 3.63) is 63.0 Å². The molecule has 4 heterocycles. The Balaban J connectivity index is 1.35. The van der Waals surface area contributed by atoms with E-state index in [-0.39, 0.29) is 17.2 Å². The number of aromatic nitrogens is 2. The Bertz CT molecular complexity index is 1180. The number of hydrogen-bond donors (Lipinski definition) is 0. The number of likely N-dealkylation sites (tertiary alicyclic amines) is 1. The van der Waals surface area contributed by atoms with Gasteiger partial charge < -0.3 is 14.5 Å². The van der Waals surface area contributed by atoms with Gasteiger partial charge in [-0.05, 0) is 44.4 Å². The number of thiazole rings is 2. The lowest BCUT2D eigenvalue weighted by Crippen LogP contribution is -2.45. The molecule has 0 N–H and O–H groups in total. The number of fused-ring (bicyclic) bond motifs is 1.